The fraction of sp³-hybridized carbons (Fsp3) is 0.417. The monoisotopic (exact) mass is 347 g/mol. The van der Waals surface area contributed by atoms with Crippen LogP contribution in [0.4, 0.5) is 0 Å². The van der Waals surface area contributed by atoms with E-state index in [0.29, 0.717) is 12.1 Å². The van der Waals surface area contributed by atoms with Gasteiger partial charge in [-0.05, 0) is 50.3 Å². The van der Waals surface area contributed by atoms with Crippen LogP contribution in [0.5, 0.6) is 5.75 Å². The lowest BCUT2D eigenvalue weighted by atomic mass is 9.82. The van der Waals surface area contributed by atoms with E-state index in [-0.39, 0.29) is 6.10 Å². The van der Waals surface area contributed by atoms with Crippen molar-refractivity contribution < 1.29 is 4.74 Å². The molecule has 0 radical (unpaired) electrons. The molecule has 2 aromatic rings. The summed E-state index contributed by atoms with van der Waals surface area (Å²) in [5.74, 6) is 1.03. The number of benzene rings is 2. The molecule has 0 amide bonds. The minimum Gasteiger partial charge on any atom is -0.490 e. The summed E-state index contributed by atoms with van der Waals surface area (Å²) < 4.78 is 6.09. The lowest BCUT2D eigenvalue weighted by molar-refractivity contribution is 0.0950. The van der Waals surface area contributed by atoms with Gasteiger partial charge in [0.05, 0.1) is 6.10 Å². The third kappa shape index (κ3) is 3.71. The van der Waals surface area contributed by atoms with E-state index in [1.54, 1.807) is 0 Å². The van der Waals surface area contributed by atoms with E-state index in [4.69, 9.17) is 4.74 Å². The summed E-state index contributed by atoms with van der Waals surface area (Å²) in [6.07, 6.45) is 7.75. The normalized spacial score (nSPS) is 23.0. The SMILES string of the molecule is CC(C)Oc1ccccc1C1=CC2CCCC(C1)N2Cc1ccccc1. The quantitative estimate of drug-likeness (QED) is 0.689. The van der Waals surface area contributed by atoms with E-state index < -0.39 is 0 Å². The molecule has 1 fully saturated rings. The predicted octanol–water partition coefficient (Wildman–Crippen LogP) is 5.68. The smallest absolute Gasteiger partial charge is 0.127 e. The Hall–Kier alpha value is -2.06. The van der Waals surface area contributed by atoms with Gasteiger partial charge in [-0.1, -0.05) is 61.0 Å². The second-order valence-electron chi connectivity index (χ2n) is 7.87. The fourth-order valence-corrected chi connectivity index (χ4v) is 4.45. The number of nitrogens with zero attached hydrogens (tertiary/aromatic N) is 1. The molecule has 2 aliphatic heterocycles. The van der Waals surface area contributed by atoms with Gasteiger partial charge in [-0.25, -0.2) is 0 Å². The third-order valence-corrected chi connectivity index (χ3v) is 5.59. The van der Waals surface area contributed by atoms with Gasteiger partial charge >= 0.3 is 0 Å². The van der Waals surface area contributed by atoms with Gasteiger partial charge in [-0.2, -0.15) is 0 Å². The summed E-state index contributed by atoms with van der Waals surface area (Å²) in [5.41, 5.74) is 4.18. The molecular weight excluding hydrogens is 318 g/mol. The Balaban J connectivity index is 1.61. The summed E-state index contributed by atoms with van der Waals surface area (Å²) in [6.45, 7) is 5.26. The summed E-state index contributed by atoms with van der Waals surface area (Å²) in [4.78, 5) is 2.72. The van der Waals surface area contributed by atoms with Crippen LogP contribution < -0.4 is 4.74 Å². The Kier molecular flexibility index (Phi) is 5.12. The van der Waals surface area contributed by atoms with Gasteiger partial charge in [0, 0.05) is 24.2 Å². The van der Waals surface area contributed by atoms with Crippen LogP contribution in [0.1, 0.15) is 50.7 Å². The molecule has 0 spiro atoms. The zero-order valence-electron chi connectivity index (χ0n) is 15.9. The molecule has 0 aliphatic carbocycles. The van der Waals surface area contributed by atoms with E-state index >= 15 is 0 Å². The molecule has 26 heavy (non-hydrogen) atoms. The van der Waals surface area contributed by atoms with Gasteiger partial charge in [0.2, 0.25) is 0 Å². The van der Waals surface area contributed by atoms with Crippen LogP contribution in [0, 0.1) is 0 Å². The first kappa shape index (κ1) is 17.4. The number of piperidine rings is 1. The van der Waals surface area contributed by atoms with Crippen LogP contribution in [0.15, 0.2) is 60.7 Å². The first-order valence-corrected chi connectivity index (χ1v) is 9.97. The van der Waals surface area contributed by atoms with Crippen molar-refractivity contribution in [1.29, 1.82) is 0 Å². The van der Waals surface area contributed by atoms with Crippen LogP contribution in [-0.4, -0.2) is 23.1 Å². The minimum absolute atomic E-state index is 0.203. The largest absolute Gasteiger partial charge is 0.490 e. The first-order chi connectivity index (χ1) is 12.7. The predicted molar refractivity (Wildman–Crippen MR) is 108 cm³/mol. The average Bonchev–Trinajstić information content (AvgIpc) is 2.62. The highest BCUT2D eigenvalue weighted by atomic mass is 16.5. The summed E-state index contributed by atoms with van der Waals surface area (Å²) in [7, 11) is 0. The molecule has 0 aromatic heterocycles. The van der Waals surface area contributed by atoms with Crippen molar-refractivity contribution >= 4 is 5.57 Å². The standard InChI is InChI=1S/C24H29NO/c1-18(2)26-24-14-7-6-13-23(24)20-15-21-11-8-12-22(16-20)25(21)17-19-9-4-3-5-10-19/h3-7,9-10,13-15,18,21-22H,8,11-12,16-17H2,1-2H3. The maximum Gasteiger partial charge on any atom is 0.127 e. The Labute approximate surface area is 157 Å². The highest BCUT2D eigenvalue weighted by molar-refractivity contribution is 5.72. The molecular formula is C24H29NO. The Morgan fingerprint density at radius 1 is 1.00 bits per heavy atom. The van der Waals surface area contributed by atoms with E-state index in [1.807, 2.05) is 0 Å². The maximum absolute atomic E-state index is 6.09. The van der Waals surface area contributed by atoms with E-state index in [0.717, 1.165) is 18.7 Å². The topological polar surface area (TPSA) is 12.5 Å². The van der Waals surface area contributed by atoms with E-state index in [9.17, 15) is 0 Å². The molecule has 0 N–H and O–H groups in total. The fourth-order valence-electron chi connectivity index (χ4n) is 4.45. The molecule has 2 nitrogen and oxygen atoms in total. The van der Waals surface area contributed by atoms with Gasteiger partial charge in [0.1, 0.15) is 5.75 Å². The van der Waals surface area contributed by atoms with Crippen molar-refractivity contribution in [2.45, 2.75) is 64.3 Å². The molecule has 2 unspecified atom stereocenters. The van der Waals surface area contributed by atoms with Crippen molar-refractivity contribution in [3.8, 4) is 5.75 Å². The van der Waals surface area contributed by atoms with Crippen LogP contribution in [0.25, 0.3) is 5.57 Å². The molecule has 0 saturated carbocycles. The number of fused-ring (bicyclic) bond motifs is 2. The van der Waals surface area contributed by atoms with Crippen LogP contribution in [0.3, 0.4) is 0 Å². The summed E-state index contributed by atoms with van der Waals surface area (Å²) in [5, 5.41) is 0. The minimum atomic E-state index is 0.203. The number of rotatable bonds is 5. The number of para-hydroxylation sites is 1. The Morgan fingerprint density at radius 2 is 1.77 bits per heavy atom. The lowest BCUT2D eigenvalue weighted by Crippen LogP contribution is -2.47. The van der Waals surface area contributed by atoms with Crippen molar-refractivity contribution in [1.82, 2.24) is 4.90 Å². The molecule has 136 valence electrons. The van der Waals surface area contributed by atoms with Crippen molar-refractivity contribution in [3.63, 3.8) is 0 Å². The van der Waals surface area contributed by atoms with Crippen LogP contribution in [0.2, 0.25) is 0 Å². The van der Waals surface area contributed by atoms with Crippen LogP contribution in [-0.2, 0) is 6.54 Å². The Morgan fingerprint density at radius 3 is 2.54 bits per heavy atom. The zero-order chi connectivity index (χ0) is 17.9. The molecule has 4 rings (SSSR count). The highest BCUT2D eigenvalue weighted by Crippen LogP contribution is 2.40. The van der Waals surface area contributed by atoms with Gasteiger partial charge in [0.25, 0.3) is 0 Å². The maximum atomic E-state index is 6.09. The van der Waals surface area contributed by atoms with Gasteiger partial charge in [-0.3, -0.25) is 4.90 Å². The van der Waals surface area contributed by atoms with Crippen LogP contribution >= 0.6 is 0 Å². The van der Waals surface area contributed by atoms with E-state index in [2.05, 4.69) is 79.4 Å². The lowest BCUT2D eigenvalue weighted by Gasteiger charge is -2.45. The molecule has 2 atom stereocenters. The molecule has 1 saturated heterocycles. The number of hydrogen-bond acceptors (Lipinski definition) is 2. The zero-order valence-corrected chi connectivity index (χ0v) is 15.9. The summed E-state index contributed by atoms with van der Waals surface area (Å²) in [6, 6.07) is 20.6. The second kappa shape index (κ2) is 7.67. The first-order valence-electron chi connectivity index (χ1n) is 9.97. The van der Waals surface area contributed by atoms with Crippen molar-refractivity contribution in [2.24, 2.45) is 0 Å². The second-order valence-corrected chi connectivity index (χ2v) is 7.87. The van der Waals surface area contributed by atoms with Crippen molar-refractivity contribution in [2.75, 3.05) is 0 Å². The number of hydrogen-bond donors (Lipinski definition) is 0. The number of ether oxygens (including phenoxy) is 1. The third-order valence-electron chi connectivity index (χ3n) is 5.59. The molecule has 2 bridgehead atoms. The molecule has 2 heteroatoms. The Bertz CT molecular complexity index is 765. The van der Waals surface area contributed by atoms with Gasteiger partial charge in [-0.15, -0.1) is 0 Å². The molecule has 2 aliphatic rings. The summed E-state index contributed by atoms with van der Waals surface area (Å²) >= 11 is 0. The highest BCUT2D eigenvalue weighted by Gasteiger charge is 2.34. The molecule has 2 heterocycles. The van der Waals surface area contributed by atoms with E-state index in [1.165, 1.54) is 36.0 Å². The van der Waals surface area contributed by atoms with Crippen molar-refractivity contribution in [3.05, 3.63) is 71.8 Å². The van der Waals surface area contributed by atoms with Gasteiger partial charge in [0.15, 0.2) is 0 Å². The van der Waals surface area contributed by atoms with Gasteiger partial charge < -0.3 is 4.74 Å². The average molecular weight is 348 g/mol. The molecule has 2 aromatic carbocycles.